The number of Topliss-reactive ketones (excluding diaryl/α,β-unsaturated/α-hetero) is 1. The molecular formula is C32H40Cl2N4O2. The number of anilines is 1. The van der Waals surface area contributed by atoms with Crippen LogP contribution in [-0.4, -0.2) is 20.0 Å². The summed E-state index contributed by atoms with van der Waals surface area (Å²) in [6.07, 6.45) is 3.85. The Morgan fingerprint density at radius 1 is 0.825 bits per heavy atom. The molecule has 1 aromatic heterocycles. The molecule has 0 saturated heterocycles. The molecule has 4 rings (SSSR count). The molecule has 0 saturated carbocycles. The van der Waals surface area contributed by atoms with Gasteiger partial charge in [-0.05, 0) is 52.8 Å². The number of nitrogen functional groups attached to an aromatic ring is 1. The second-order valence-electron chi connectivity index (χ2n) is 11.9. The molecule has 6 nitrogen and oxygen atoms in total. The molecule has 0 fully saturated rings. The summed E-state index contributed by atoms with van der Waals surface area (Å²) in [6, 6.07) is 21.2. The summed E-state index contributed by atoms with van der Waals surface area (Å²) in [5, 5.41) is 11.1. The number of hydrogen-bond donors (Lipinski definition) is 2. The number of phenols is 1. The average molecular weight is 584 g/mol. The molecule has 40 heavy (non-hydrogen) atoms. The number of imidazole rings is 1. The fourth-order valence-electron chi connectivity index (χ4n) is 4.46. The van der Waals surface area contributed by atoms with Gasteiger partial charge in [0.1, 0.15) is 5.75 Å². The third-order valence-electron chi connectivity index (χ3n) is 6.62. The molecule has 0 unspecified atom stereocenters. The molecule has 8 heteroatoms. The standard InChI is InChI=1S/C32H38N4O2.2ClH/c1-31(2,3)26-18-23(19-27(29(26)38)32(4,5)6)28(37)21-36-17-16-35(20-22-10-8-7-9-11-22)30(36)34-25-14-12-24(33)13-15-25;;/h7-19,38H,20-21,33H2,1-6H3;2*1H/b34-30+;;. The molecule has 0 aliphatic rings. The second kappa shape index (κ2) is 12.8. The normalized spacial score (nSPS) is 12.0. The zero-order chi connectivity index (χ0) is 27.7. The smallest absolute Gasteiger partial charge is 0.210 e. The van der Waals surface area contributed by atoms with E-state index in [2.05, 4.69) is 12.1 Å². The van der Waals surface area contributed by atoms with Crippen molar-refractivity contribution in [3.05, 3.63) is 107 Å². The Hall–Kier alpha value is -3.48. The van der Waals surface area contributed by atoms with Gasteiger partial charge in [-0.2, -0.15) is 0 Å². The quantitative estimate of drug-likeness (QED) is 0.186. The first-order valence-electron chi connectivity index (χ1n) is 12.9. The molecule has 3 aromatic carbocycles. The summed E-state index contributed by atoms with van der Waals surface area (Å²) in [6.45, 7) is 13.0. The largest absolute Gasteiger partial charge is 0.507 e. The zero-order valence-corrected chi connectivity index (χ0v) is 25.6. The van der Waals surface area contributed by atoms with E-state index in [4.69, 9.17) is 10.7 Å². The van der Waals surface area contributed by atoms with Crippen LogP contribution in [0.15, 0.2) is 84.1 Å². The lowest BCUT2D eigenvalue weighted by atomic mass is 9.78. The maximum atomic E-state index is 13.7. The number of halogens is 2. The molecular weight excluding hydrogens is 543 g/mol. The van der Waals surface area contributed by atoms with Gasteiger partial charge in [0.2, 0.25) is 5.62 Å². The van der Waals surface area contributed by atoms with Crippen LogP contribution in [0, 0.1) is 0 Å². The van der Waals surface area contributed by atoms with Crippen LogP contribution in [0.25, 0.3) is 0 Å². The van der Waals surface area contributed by atoms with Gasteiger partial charge in [0.05, 0.1) is 18.8 Å². The second-order valence-corrected chi connectivity index (χ2v) is 11.9. The Bertz CT molecular complexity index is 1470. The van der Waals surface area contributed by atoms with Crippen LogP contribution in [0.1, 0.15) is 68.6 Å². The predicted molar refractivity (Wildman–Crippen MR) is 168 cm³/mol. The number of nitrogens with zero attached hydrogens (tertiary/aromatic N) is 3. The van der Waals surface area contributed by atoms with Crippen molar-refractivity contribution in [1.29, 1.82) is 0 Å². The van der Waals surface area contributed by atoms with E-state index in [0.29, 0.717) is 23.4 Å². The molecule has 1 heterocycles. The molecule has 3 N–H and O–H groups in total. The molecule has 214 valence electrons. The molecule has 0 aliphatic carbocycles. The van der Waals surface area contributed by atoms with Crippen LogP contribution in [0.5, 0.6) is 5.75 Å². The van der Waals surface area contributed by atoms with E-state index in [0.717, 1.165) is 22.4 Å². The van der Waals surface area contributed by atoms with Crippen molar-refractivity contribution in [3.8, 4) is 5.75 Å². The highest BCUT2D eigenvalue weighted by atomic mass is 35.5. The Kier molecular flexibility index (Phi) is 10.5. The van der Waals surface area contributed by atoms with Crippen molar-refractivity contribution in [2.75, 3.05) is 5.73 Å². The number of ketones is 1. The van der Waals surface area contributed by atoms with Gasteiger partial charge < -0.3 is 20.0 Å². The number of aromatic nitrogens is 2. The van der Waals surface area contributed by atoms with Crippen molar-refractivity contribution in [1.82, 2.24) is 9.13 Å². The fourth-order valence-corrected chi connectivity index (χ4v) is 4.46. The third kappa shape index (κ3) is 7.58. The number of nitrogens with two attached hydrogens (primary N) is 1. The predicted octanol–water partition coefficient (Wildman–Crippen LogP) is 7.18. The van der Waals surface area contributed by atoms with Gasteiger partial charge in [-0.1, -0.05) is 71.9 Å². The number of aromatic hydroxyl groups is 1. The van der Waals surface area contributed by atoms with Crippen LogP contribution in [0.3, 0.4) is 0 Å². The van der Waals surface area contributed by atoms with Crippen molar-refractivity contribution in [3.63, 3.8) is 0 Å². The van der Waals surface area contributed by atoms with Crippen LogP contribution in [0.4, 0.5) is 11.4 Å². The van der Waals surface area contributed by atoms with Crippen LogP contribution in [0.2, 0.25) is 0 Å². The van der Waals surface area contributed by atoms with Crippen LogP contribution < -0.4 is 11.4 Å². The summed E-state index contributed by atoms with van der Waals surface area (Å²) < 4.78 is 3.92. The Balaban J connectivity index is 0.00000280. The lowest BCUT2D eigenvalue weighted by Gasteiger charge is -2.28. The van der Waals surface area contributed by atoms with E-state index < -0.39 is 0 Å². The fraction of sp³-hybridized carbons (Fsp3) is 0.312. The first-order valence-corrected chi connectivity index (χ1v) is 12.9. The van der Waals surface area contributed by atoms with Crippen LogP contribution >= 0.6 is 24.8 Å². The molecule has 0 radical (unpaired) electrons. The first-order chi connectivity index (χ1) is 17.8. The van der Waals surface area contributed by atoms with Gasteiger partial charge in [-0.15, -0.1) is 24.8 Å². The summed E-state index contributed by atoms with van der Waals surface area (Å²) in [4.78, 5) is 18.6. The lowest BCUT2D eigenvalue weighted by Crippen LogP contribution is -2.29. The molecule has 0 atom stereocenters. The summed E-state index contributed by atoms with van der Waals surface area (Å²) in [7, 11) is 0. The van der Waals surface area contributed by atoms with E-state index in [1.165, 1.54) is 0 Å². The van der Waals surface area contributed by atoms with E-state index in [9.17, 15) is 9.90 Å². The van der Waals surface area contributed by atoms with Crippen LogP contribution in [-0.2, 0) is 23.9 Å². The number of benzene rings is 3. The van der Waals surface area contributed by atoms with Gasteiger partial charge in [-0.3, -0.25) is 4.79 Å². The summed E-state index contributed by atoms with van der Waals surface area (Å²) in [5.74, 6) is 0.222. The number of phenolic OH excluding ortho intramolecular Hbond substituents is 1. The van der Waals surface area contributed by atoms with Gasteiger partial charge in [0.15, 0.2) is 5.78 Å². The molecule has 0 bridgehead atoms. The topological polar surface area (TPSA) is 85.5 Å². The van der Waals surface area contributed by atoms with E-state index in [-0.39, 0.29) is 53.7 Å². The summed E-state index contributed by atoms with van der Waals surface area (Å²) in [5.41, 5.74) is 10.6. The van der Waals surface area contributed by atoms with E-state index in [1.807, 2.05) is 118 Å². The highest BCUT2D eigenvalue weighted by molar-refractivity contribution is 5.96. The Labute approximate surface area is 249 Å². The minimum Gasteiger partial charge on any atom is -0.507 e. The maximum Gasteiger partial charge on any atom is 0.210 e. The molecule has 0 amide bonds. The number of hydrogen-bond acceptors (Lipinski definition) is 4. The van der Waals surface area contributed by atoms with Gasteiger partial charge in [0, 0.05) is 34.8 Å². The maximum absolute atomic E-state index is 13.7. The minimum absolute atomic E-state index is 0. The number of carbonyl (C=O) groups excluding carboxylic acids is 1. The van der Waals surface area contributed by atoms with Crippen molar-refractivity contribution >= 4 is 42.0 Å². The average Bonchev–Trinajstić information content (AvgIpc) is 3.20. The zero-order valence-electron chi connectivity index (χ0n) is 24.0. The number of carbonyl (C=O) groups is 1. The SMILES string of the molecule is CC(C)(C)c1cc(C(=O)Cn2ccn(Cc3ccccc3)/c2=N\c2ccc(N)cc2)cc(C(C)(C)C)c1O.Cl.Cl. The lowest BCUT2D eigenvalue weighted by molar-refractivity contribution is 0.0970. The third-order valence-corrected chi connectivity index (χ3v) is 6.62. The van der Waals surface area contributed by atoms with Gasteiger partial charge in [-0.25, -0.2) is 4.99 Å². The highest BCUT2D eigenvalue weighted by Crippen LogP contribution is 2.39. The van der Waals surface area contributed by atoms with Crippen molar-refractivity contribution < 1.29 is 9.90 Å². The van der Waals surface area contributed by atoms with Gasteiger partial charge in [0.25, 0.3) is 0 Å². The molecule has 0 aliphatic heterocycles. The molecule has 4 aromatic rings. The van der Waals surface area contributed by atoms with Crippen molar-refractivity contribution in [2.45, 2.75) is 65.5 Å². The number of rotatable bonds is 6. The molecule has 0 spiro atoms. The minimum atomic E-state index is -0.317. The monoisotopic (exact) mass is 582 g/mol. The Morgan fingerprint density at radius 3 is 1.88 bits per heavy atom. The van der Waals surface area contributed by atoms with E-state index in [1.54, 1.807) is 0 Å². The first kappa shape index (κ1) is 32.7. The van der Waals surface area contributed by atoms with Crippen molar-refractivity contribution in [2.24, 2.45) is 4.99 Å². The Morgan fingerprint density at radius 2 is 1.35 bits per heavy atom. The summed E-state index contributed by atoms with van der Waals surface area (Å²) >= 11 is 0. The highest BCUT2D eigenvalue weighted by Gasteiger charge is 2.28. The van der Waals surface area contributed by atoms with Gasteiger partial charge >= 0.3 is 0 Å². The van der Waals surface area contributed by atoms with E-state index >= 15 is 0 Å².